The fourth-order valence-corrected chi connectivity index (χ4v) is 4.59. The minimum absolute atomic E-state index is 0.103. The SMILES string of the molecule is CC(Sc1nc(C(F)(F)F)nc2ccccc12)C(=O)N1CCN(c2ccccc2)CC1. The molecule has 1 amide bonds. The molecule has 0 radical (unpaired) electrons. The van der Waals surface area contributed by atoms with E-state index in [1.165, 1.54) is 6.07 Å². The molecule has 0 saturated carbocycles. The van der Waals surface area contributed by atoms with E-state index in [9.17, 15) is 18.0 Å². The molecule has 31 heavy (non-hydrogen) atoms. The van der Waals surface area contributed by atoms with Gasteiger partial charge in [0.05, 0.1) is 10.8 Å². The number of fused-ring (bicyclic) bond motifs is 1. The Labute approximate surface area is 182 Å². The molecule has 1 aliphatic heterocycles. The highest BCUT2D eigenvalue weighted by atomic mass is 32.2. The van der Waals surface area contributed by atoms with Crippen LogP contribution in [0.2, 0.25) is 0 Å². The normalized spacial score (nSPS) is 15.9. The van der Waals surface area contributed by atoms with Gasteiger partial charge >= 0.3 is 6.18 Å². The van der Waals surface area contributed by atoms with Gasteiger partial charge in [0.25, 0.3) is 0 Å². The van der Waals surface area contributed by atoms with Crippen LogP contribution in [0.1, 0.15) is 12.7 Å². The van der Waals surface area contributed by atoms with Crippen LogP contribution < -0.4 is 4.90 Å². The topological polar surface area (TPSA) is 49.3 Å². The fraction of sp³-hybridized carbons (Fsp3) is 0.318. The second kappa shape index (κ2) is 8.74. The van der Waals surface area contributed by atoms with Gasteiger partial charge in [0.1, 0.15) is 5.03 Å². The highest BCUT2D eigenvalue weighted by Crippen LogP contribution is 2.34. The quantitative estimate of drug-likeness (QED) is 0.437. The summed E-state index contributed by atoms with van der Waals surface area (Å²) in [5.41, 5.74) is 1.33. The van der Waals surface area contributed by atoms with Crippen LogP contribution in [0.5, 0.6) is 0 Å². The molecule has 0 spiro atoms. The third kappa shape index (κ3) is 4.76. The number of carbonyl (C=O) groups is 1. The molecule has 2 aromatic carbocycles. The van der Waals surface area contributed by atoms with E-state index in [2.05, 4.69) is 14.9 Å². The molecule has 162 valence electrons. The molecule has 0 bridgehead atoms. The average Bonchev–Trinajstić information content (AvgIpc) is 2.78. The van der Waals surface area contributed by atoms with E-state index in [0.29, 0.717) is 31.6 Å². The standard InChI is InChI=1S/C22H21F3N4OS/c1-15(20(30)29-13-11-28(12-14-29)16-7-3-2-4-8-16)31-19-17-9-5-6-10-18(17)26-21(27-19)22(23,24)25/h2-10,15H,11-14H2,1H3. The van der Waals surface area contributed by atoms with Gasteiger partial charge in [-0.2, -0.15) is 13.2 Å². The Hall–Kier alpha value is -2.81. The predicted octanol–water partition coefficient (Wildman–Crippen LogP) is 4.48. The van der Waals surface area contributed by atoms with Gasteiger partial charge in [-0.3, -0.25) is 4.79 Å². The van der Waals surface area contributed by atoms with Crippen LogP contribution in [0.25, 0.3) is 10.9 Å². The van der Waals surface area contributed by atoms with Crippen molar-refractivity contribution in [2.24, 2.45) is 0 Å². The van der Waals surface area contributed by atoms with E-state index in [-0.39, 0.29) is 16.4 Å². The Morgan fingerprint density at radius 1 is 0.968 bits per heavy atom. The zero-order valence-corrected chi connectivity index (χ0v) is 17.7. The highest BCUT2D eigenvalue weighted by molar-refractivity contribution is 8.00. The van der Waals surface area contributed by atoms with Gasteiger partial charge in [-0.25, -0.2) is 9.97 Å². The van der Waals surface area contributed by atoms with Crippen LogP contribution in [0.15, 0.2) is 59.6 Å². The molecule has 3 aromatic rings. The number of thioether (sulfide) groups is 1. The third-order valence-electron chi connectivity index (χ3n) is 5.17. The molecule has 0 N–H and O–H groups in total. The first-order valence-corrected chi connectivity index (χ1v) is 10.8. The van der Waals surface area contributed by atoms with Crippen molar-refractivity contribution in [3.8, 4) is 0 Å². The number of hydrogen-bond acceptors (Lipinski definition) is 5. The first-order chi connectivity index (χ1) is 14.8. The molecule has 4 rings (SSSR count). The Morgan fingerprint density at radius 3 is 2.29 bits per heavy atom. The molecule has 1 aromatic heterocycles. The summed E-state index contributed by atoms with van der Waals surface area (Å²) < 4.78 is 39.7. The summed E-state index contributed by atoms with van der Waals surface area (Å²) in [6.45, 7) is 4.26. The average molecular weight is 446 g/mol. The molecule has 2 heterocycles. The number of amides is 1. The first kappa shape index (κ1) is 21.4. The Bertz CT molecular complexity index is 1070. The minimum Gasteiger partial charge on any atom is -0.368 e. The Morgan fingerprint density at radius 2 is 1.61 bits per heavy atom. The maximum atomic E-state index is 13.2. The van der Waals surface area contributed by atoms with Crippen LogP contribution in [0, 0.1) is 0 Å². The summed E-state index contributed by atoms with van der Waals surface area (Å²) in [5, 5.41) is 0.110. The van der Waals surface area contributed by atoms with Crippen molar-refractivity contribution < 1.29 is 18.0 Å². The second-order valence-corrected chi connectivity index (χ2v) is 8.60. The summed E-state index contributed by atoms with van der Waals surface area (Å²) >= 11 is 1.05. The van der Waals surface area contributed by atoms with Gasteiger partial charge in [-0.05, 0) is 25.1 Å². The van der Waals surface area contributed by atoms with Crippen molar-refractivity contribution >= 4 is 34.3 Å². The van der Waals surface area contributed by atoms with E-state index in [1.54, 1.807) is 30.0 Å². The number of benzene rings is 2. The van der Waals surface area contributed by atoms with E-state index < -0.39 is 17.3 Å². The molecule has 1 aliphatic rings. The lowest BCUT2D eigenvalue weighted by Gasteiger charge is -2.37. The van der Waals surface area contributed by atoms with Gasteiger partial charge in [-0.1, -0.05) is 48.2 Å². The van der Waals surface area contributed by atoms with Gasteiger partial charge in [-0.15, -0.1) is 0 Å². The predicted molar refractivity (Wildman–Crippen MR) is 115 cm³/mol. The Balaban J connectivity index is 1.48. The zero-order valence-electron chi connectivity index (χ0n) is 16.8. The fourth-order valence-electron chi connectivity index (χ4n) is 3.56. The van der Waals surface area contributed by atoms with Crippen molar-refractivity contribution in [1.82, 2.24) is 14.9 Å². The second-order valence-electron chi connectivity index (χ2n) is 7.28. The largest absolute Gasteiger partial charge is 0.451 e. The zero-order chi connectivity index (χ0) is 22.0. The molecule has 1 saturated heterocycles. The van der Waals surface area contributed by atoms with Gasteiger partial charge < -0.3 is 9.80 Å². The van der Waals surface area contributed by atoms with Gasteiger partial charge in [0, 0.05) is 37.3 Å². The number of hydrogen-bond donors (Lipinski definition) is 0. The van der Waals surface area contributed by atoms with Crippen molar-refractivity contribution in [2.75, 3.05) is 31.1 Å². The summed E-state index contributed by atoms with van der Waals surface area (Å²) in [6.07, 6.45) is -4.65. The number of nitrogens with zero attached hydrogens (tertiary/aromatic N) is 4. The number of alkyl halides is 3. The number of aromatic nitrogens is 2. The van der Waals surface area contributed by atoms with Crippen molar-refractivity contribution in [3.63, 3.8) is 0 Å². The monoisotopic (exact) mass is 446 g/mol. The highest BCUT2D eigenvalue weighted by Gasteiger charge is 2.36. The molecule has 0 aliphatic carbocycles. The van der Waals surface area contributed by atoms with Gasteiger partial charge in [0.15, 0.2) is 0 Å². The van der Waals surface area contributed by atoms with Gasteiger partial charge in [0.2, 0.25) is 11.7 Å². The number of para-hydroxylation sites is 2. The lowest BCUT2D eigenvalue weighted by Crippen LogP contribution is -2.50. The lowest BCUT2D eigenvalue weighted by molar-refractivity contribution is -0.145. The maximum absolute atomic E-state index is 13.2. The van der Waals surface area contributed by atoms with Crippen LogP contribution in [0.3, 0.4) is 0 Å². The number of rotatable bonds is 4. The van der Waals surface area contributed by atoms with E-state index in [0.717, 1.165) is 17.4 Å². The van der Waals surface area contributed by atoms with E-state index in [1.807, 2.05) is 30.3 Å². The van der Waals surface area contributed by atoms with Crippen LogP contribution in [-0.2, 0) is 11.0 Å². The Kier molecular flexibility index (Phi) is 6.04. The maximum Gasteiger partial charge on any atom is 0.451 e. The third-order valence-corrected chi connectivity index (χ3v) is 6.26. The molecule has 1 fully saturated rings. The smallest absolute Gasteiger partial charge is 0.368 e. The van der Waals surface area contributed by atoms with E-state index >= 15 is 0 Å². The van der Waals surface area contributed by atoms with Crippen LogP contribution in [-0.4, -0.2) is 52.2 Å². The van der Waals surface area contributed by atoms with E-state index in [4.69, 9.17) is 0 Å². The van der Waals surface area contributed by atoms with Crippen molar-refractivity contribution in [1.29, 1.82) is 0 Å². The lowest BCUT2D eigenvalue weighted by atomic mass is 10.2. The molecule has 1 atom stereocenters. The number of carbonyl (C=O) groups excluding carboxylic acids is 1. The van der Waals surface area contributed by atoms with Crippen LogP contribution in [0.4, 0.5) is 18.9 Å². The van der Waals surface area contributed by atoms with Crippen molar-refractivity contribution in [3.05, 3.63) is 60.4 Å². The summed E-state index contributed by atoms with van der Waals surface area (Å²) in [4.78, 5) is 24.3. The summed E-state index contributed by atoms with van der Waals surface area (Å²) in [7, 11) is 0. The first-order valence-electron chi connectivity index (χ1n) is 9.92. The molecule has 9 heteroatoms. The molecule has 1 unspecified atom stereocenters. The number of anilines is 1. The number of piperazine rings is 1. The van der Waals surface area contributed by atoms with Crippen molar-refractivity contribution in [2.45, 2.75) is 23.4 Å². The molecular weight excluding hydrogens is 425 g/mol. The van der Waals surface area contributed by atoms with Crippen LogP contribution >= 0.6 is 11.8 Å². The minimum atomic E-state index is -4.65. The molecular formula is C22H21F3N4OS. The number of halogens is 3. The summed E-state index contributed by atoms with van der Waals surface area (Å²) in [6, 6.07) is 16.5. The summed E-state index contributed by atoms with van der Waals surface area (Å²) in [5.74, 6) is -1.29. The molecule has 5 nitrogen and oxygen atoms in total.